The summed E-state index contributed by atoms with van der Waals surface area (Å²) in [5.41, 5.74) is 0. The first kappa shape index (κ1) is 36.1. The summed E-state index contributed by atoms with van der Waals surface area (Å²) in [6.45, 7) is 1.91. The van der Waals surface area contributed by atoms with Gasteiger partial charge in [0, 0.05) is 0 Å². The Morgan fingerprint density at radius 1 is 0.500 bits per heavy atom. The number of carboxylic acid groups (broad SMARTS) is 1. The Balaban J connectivity index is 0.973. The van der Waals surface area contributed by atoms with E-state index in [-0.39, 0.29) is 5.97 Å². The van der Waals surface area contributed by atoms with Crippen LogP contribution in [0.15, 0.2) is 0 Å². The summed E-state index contributed by atoms with van der Waals surface area (Å²) in [6, 6.07) is 0. The fraction of sp³-hybridized carbons (Fsp3) is 0.947. The lowest BCUT2D eigenvalue weighted by atomic mass is 9.70. The third-order valence-corrected chi connectivity index (χ3v) is 13.0. The van der Waals surface area contributed by atoms with Crippen LogP contribution in [0, 0.1) is 59.2 Å². The van der Waals surface area contributed by atoms with Crippen molar-refractivity contribution in [3.63, 3.8) is 0 Å². The van der Waals surface area contributed by atoms with Crippen molar-refractivity contribution in [1.29, 1.82) is 0 Å². The number of hydrogen-bond acceptors (Lipinski definition) is 7. The lowest BCUT2D eigenvalue weighted by molar-refractivity contribution is -0.316. The highest BCUT2D eigenvalue weighted by molar-refractivity contribution is 5.81. The monoisotopic (exact) mass is 648 g/mol. The van der Waals surface area contributed by atoms with E-state index in [9.17, 15) is 14.7 Å². The normalized spacial score (nSPS) is 35.1. The zero-order chi connectivity index (χ0) is 32.1. The number of carbonyl (C=O) groups is 2. The maximum Gasteiger partial charge on any atom is 0.309 e. The molecule has 0 heterocycles. The number of ether oxygens (including phenoxy) is 1. The molecule has 0 radical (unpaired) electrons. The zero-order valence-corrected chi connectivity index (χ0v) is 28.5. The standard InChI is InChI=1S/C38H64O8/c39-37(40)35-18-16-32(20-28-9-5-2-6-10-28)22-36(35)38(41)43-23-29-11-13-30(14-12-29)24-45-46-26-34-21-31(15-17-33(34)25-44-42)19-27-7-3-1-4-8-27/h27-36,42H,1-26H2,(H,39,40). The van der Waals surface area contributed by atoms with Crippen LogP contribution in [0.2, 0.25) is 0 Å². The molecule has 8 nitrogen and oxygen atoms in total. The third-order valence-electron chi connectivity index (χ3n) is 13.0. The second kappa shape index (κ2) is 19.1. The zero-order valence-electron chi connectivity index (χ0n) is 28.5. The summed E-state index contributed by atoms with van der Waals surface area (Å²) in [4.78, 5) is 41.3. The summed E-state index contributed by atoms with van der Waals surface area (Å²) >= 11 is 0. The van der Waals surface area contributed by atoms with Crippen molar-refractivity contribution in [3.05, 3.63) is 0 Å². The molecular weight excluding hydrogens is 584 g/mol. The molecule has 0 aromatic carbocycles. The van der Waals surface area contributed by atoms with Crippen molar-refractivity contribution in [2.75, 3.05) is 26.4 Å². The Hall–Kier alpha value is -1.22. The predicted octanol–water partition coefficient (Wildman–Crippen LogP) is 8.86. The van der Waals surface area contributed by atoms with Crippen LogP contribution in [0.25, 0.3) is 0 Å². The van der Waals surface area contributed by atoms with Crippen LogP contribution < -0.4 is 0 Å². The second-order valence-corrected chi connectivity index (χ2v) is 16.3. The number of carboxylic acids is 1. The first-order chi connectivity index (χ1) is 22.5. The molecule has 46 heavy (non-hydrogen) atoms. The molecule has 0 spiro atoms. The number of esters is 1. The average molecular weight is 649 g/mol. The molecule has 5 fully saturated rings. The Morgan fingerprint density at radius 2 is 1.04 bits per heavy atom. The lowest BCUT2D eigenvalue weighted by Gasteiger charge is -2.37. The van der Waals surface area contributed by atoms with E-state index in [0.717, 1.165) is 69.1 Å². The highest BCUT2D eigenvalue weighted by atomic mass is 17.2. The Labute approximate surface area is 277 Å². The minimum absolute atomic E-state index is 0.284. The van der Waals surface area contributed by atoms with Gasteiger partial charge < -0.3 is 9.84 Å². The summed E-state index contributed by atoms with van der Waals surface area (Å²) in [5.74, 6) is 2.02. The van der Waals surface area contributed by atoms with Gasteiger partial charge in [0.15, 0.2) is 0 Å². The Bertz CT molecular complexity index is 891. The minimum Gasteiger partial charge on any atom is -0.481 e. The Morgan fingerprint density at radius 3 is 1.65 bits per heavy atom. The van der Waals surface area contributed by atoms with Crippen molar-refractivity contribution in [3.8, 4) is 0 Å². The van der Waals surface area contributed by atoms with Gasteiger partial charge in [-0.05, 0) is 118 Å². The lowest BCUT2D eigenvalue weighted by Crippen LogP contribution is -2.38. The first-order valence-electron chi connectivity index (χ1n) is 19.4. The van der Waals surface area contributed by atoms with Gasteiger partial charge in [-0.3, -0.25) is 14.8 Å². The number of rotatable bonds is 15. The van der Waals surface area contributed by atoms with E-state index in [1.54, 1.807) is 0 Å². The van der Waals surface area contributed by atoms with Gasteiger partial charge in [0.05, 0.1) is 38.3 Å². The van der Waals surface area contributed by atoms with Crippen molar-refractivity contribution >= 4 is 11.9 Å². The molecule has 0 bridgehead atoms. The van der Waals surface area contributed by atoms with Crippen LogP contribution in [-0.2, 0) is 29.0 Å². The molecule has 5 aliphatic carbocycles. The molecule has 0 saturated heterocycles. The molecule has 6 atom stereocenters. The summed E-state index contributed by atoms with van der Waals surface area (Å²) < 4.78 is 5.84. The Kier molecular flexibility index (Phi) is 15.0. The quantitative estimate of drug-likeness (QED) is 0.0784. The van der Waals surface area contributed by atoms with Crippen molar-refractivity contribution in [2.24, 2.45) is 59.2 Å². The van der Waals surface area contributed by atoms with Crippen LogP contribution in [0.3, 0.4) is 0 Å². The number of hydrogen-bond donors (Lipinski definition) is 2. The molecular formula is C38H64O8. The highest BCUT2D eigenvalue weighted by Crippen LogP contribution is 2.42. The molecule has 6 unspecified atom stereocenters. The maximum atomic E-state index is 13.2. The van der Waals surface area contributed by atoms with Crippen LogP contribution in [0.4, 0.5) is 0 Å². The molecule has 5 rings (SSSR count). The average Bonchev–Trinajstić information content (AvgIpc) is 3.08. The van der Waals surface area contributed by atoms with E-state index in [0.29, 0.717) is 68.9 Å². The van der Waals surface area contributed by atoms with Crippen molar-refractivity contribution < 1.29 is 39.4 Å². The minimum atomic E-state index is -0.846. The molecule has 8 heteroatoms. The molecule has 0 aliphatic heterocycles. The largest absolute Gasteiger partial charge is 0.481 e. The predicted molar refractivity (Wildman–Crippen MR) is 176 cm³/mol. The van der Waals surface area contributed by atoms with Gasteiger partial charge in [-0.15, -0.1) is 0 Å². The van der Waals surface area contributed by atoms with Gasteiger partial charge in [-0.25, -0.2) is 14.7 Å². The van der Waals surface area contributed by atoms with E-state index in [1.165, 1.54) is 77.0 Å². The third kappa shape index (κ3) is 11.2. The number of aliphatic carboxylic acids is 1. The molecule has 2 N–H and O–H groups in total. The summed E-state index contributed by atoms with van der Waals surface area (Å²) in [6.07, 6.45) is 25.6. The molecule has 5 aliphatic rings. The van der Waals surface area contributed by atoms with Crippen molar-refractivity contribution in [2.45, 2.75) is 141 Å². The molecule has 264 valence electrons. The fourth-order valence-electron chi connectivity index (χ4n) is 10.1. The van der Waals surface area contributed by atoms with Gasteiger partial charge in [-0.1, -0.05) is 70.6 Å². The van der Waals surface area contributed by atoms with E-state index in [1.807, 2.05) is 0 Å². The van der Waals surface area contributed by atoms with Gasteiger partial charge >= 0.3 is 11.9 Å². The van der Waals surface area contributed by atoms with E-state index >= 15 is 0 Å². The topological polar surface area (TPSA) is 112 Å². The van der Waals surface area contributed by atoms with Gasteiger partial charge in [0.25, 0.3) is 0 Å². The smallest absolute Gasteiger partial charge is 0.309 e. The molecule has 5 saturated carbocycles. The number of carbonyl (C=O) groups excluding carboxylic acids is 1. The fourth-order valence-corrected chi connectivity index (χ4v) is 10.1. The van der Waals surface area contributed by atoms with Crippen LogP contribution >= 0.6 is 0 Å². The van der Waals surface area contributed by atoms with E-state index in [2.05, 4.69) is 4.89 Å². The van der Waals surface area contributed by atoms with E-state index < -0.39 is 17.8 Å². The van der Waals surface area contributed by atoms with Crippen LogP contribution in [0.5, 0.6) is 0 Å². The first-order valence-corrected chi connectivity index (χ1v) is 19.4. The summed E-state index contributed by atoms with van der Waals surface area (Å²) in [7, 11) is 0. The van der Waals surface area contributed by atoms with Crippen LogP contribution in [-0.4, -0.2) is 48.7 Å². The van der Waals surface area contributed by atoms with Gasteiger partial charge in [0.1, 0.15) is 0 Å². The maximum absolute atomic E-state index is 13.2. The molecule has 0 aromatic heterocycles. The molecule has 0 aromatic rings. The van der Waals surface area contributed by atoms with Gasteiger partial charge in [0.2, 0.25) is 0 Å². The van der Waals surface area contributed by atoms with Crippen LogP contribution in [0.1, 0.15) is 141 Å². The van der Waals surface area contributed by atoms with Crippen molar-refractivity contribution in [1.82, 2.24) is 0 Å². The highest BCUT2D eigenvalue weighted by Gasteiger charge is 2.41. The van der Waals surface area contributed by atoms with Gasteiger partial charge in [-0.2, -0.15) is 0 Å². The molecule has 0 amide bonds. The summed E-state index contributed by atoms with van der Waals surface area (Å²) in [5, 5.41) is 19.0. The SMILES string of the molecule is O=C(O)C1CCC(CC2CCCCC2)CC1C(=O)OCC1CCC(COOCC2CC(CC3CCCCC3)CCC2COO)CC1. The second-order valence-electron chi connectivity index (χ2n) is 16.3. The van der Waals surface area contributed by atoms with E-state index in [4.69, 9.17) is 19.8 Å².